The maximum atomic E-state index is 13.5. The second kappa shape index (κ2) is 10.1. The number of carbonyl (C=O) groups excluding carboxylic acids is 2. The van der Waals surface area contributed by atoms with Crippen LogP contribution in [0.5, 0.6) is 11.5 Å². The molecule has 0 saturated heterocycles. The first-order valence-electron chi connectivity index (χ1n) is 11.2. The summed E-state index contributed by atoms with van der Waals surface area (Å²) in [6.07, 6.45) is 1.70. The first kappa shape index (κ1) is 24.0. The van der Waals surface area contributed by atoms with Gasteiger partial charge in [-0.3, -0.25) is 14.5 Å². The van der Waals surface area contributed by atoms with Gasteiger partial charge in [-0.25, -0.2) is 4.99 Å². The number of rotatable bonds is 5. The number of nitrogens with zero attached hydrogens (tertiary/aromatic N) is 2. The molecule has 7 nitrogen and oxygen atoms in total. The molecule has 3 aromatic rings. The molecule has 0 saturated carbocycles. The molecular formula is C27H22ClN3O4S. The van der Waals surface area contributed by atoms with Crippen molar-refractivity contribution in [1.29, 1.82) is 0 Å². The molecule has 2 heterocycles. The van der Waals surface area contributed by atoms with Crippen LogP contribution in [0.25, 0.3) is 6.08 Å². The predicted molar refractivity (Wildman–Crippen MR) is 144 cm³/mol. The van der Waals surface area contributed by atoms with Crippen LogP contribution in [0.4, 0.5) is 11.4 Å². The van der Waals surface area contributed by atoms with E-state index in [1.807, 2.05) is 37.3 Å². The Hall–Kier alpha value is -3.75. The van der Waals surface area contributed by atoms with Gasteiger partial charge in [-0.05, 0) is 68.0 Å². The first-order valence-corrected chi connectivity index (χ1v) is 12.5. The fourth-order valence-electron chi connectivity index (χ4n) is 3.68. The van der Waals surface area contributed by atoms with Crippen molar-refractivity contribution in [3.8, 4) is 11.5 Å². The molecule has 1 N–H and O–H groups in total. The Balaban J connectivity index is 1.42. The summed E-state index contributed by atoms with van der Waals surface area (Å²) < 4.78 is 10.8. The van der Waals surface area contributed by atoms with Crippen LogP contribution in [0, 0.1) is 6.92 Å². The van der Waals surface area contributed by atoms with E-state index in [4.69, 9.17) is 21.1 Å². The number of aryl methyl sites for hydroxylation is 1. The zero-order chi connectivity index (χ0) is 25.2. The fraction of sp³-hybridized carbons (Fsp3) is 0.148. The number of amides is 2. The number of fused-ring (bicyclic) bond motifs is 1. The molecule has 0 fully saturated rings. The summed E-state index contributed by atoms with van der Waals surface area (Å²) >= 11 is 7.24. The van der Waals surface area contributed by atoms with E-state index >= 15 is 0 Å². The highest BCUT2D eigenvalue weighted by Crippen LogP contribution is 2.35. The maximum Gasteiger partial charge on any atom is 0.283 e. The molecule has 2 amide bonds. The quantitative estimate of drug-likeness (QED) is 0.426. The number of nitrogens with one attached hydrogen (secondary N) is 1. The van der Waals surface area contributed by atoms with Crippen LogP contribution in [0.15, 0.2) is 77.4 Å². The molecule has 1 atom stereocenters. The van der Waals surface area contributed by atoms with Gasteiger partial charge in [0.15, 0.2) is 16.7 Å². The fourth-order valence-corrected chi connectivity index (χ4v) is 4.80. The molecule has 0 bridgehead atoms. The Bertz CT molecular complexity index is 1400. The van der Waals surface area contributed by atoms with Gasteiger partial charge < -0.3 is 14.8 Å². The molecular weight excluding hydrogens is 498 g/mol. The lowest BCUT2D eigenvalue weighted by Gasteiger charge is -2.20. The third-order valence-electron chi connectivity index (χ3n) is 5.57. The Labute approximate surface area is 217 Å². The van der Waals surface area contributed by atoms with E-state index in [2.05, 4.69) is 10.3 Å². The van der Waals surface area contributed by atoms with E-state index in [9.17, 15) is 9.59 Å². The Kier molecular flexibility index (Phi) is 6.71. The van der Waals surface area contributed by atoms with Gasteiger partial charge in [0.2, 0.25) is 12.7 Å². The smallest absolute Gasteiger partial charge is 0.283 e. The molecule has 0 spiro atoms. The molecule has 182 valence electrons. The topological polar surface area (TPSA) is 80.2 Å². The molecule has 36 heavy (non-hydrogen) atoms. The normalized spacial score (nSPS) is 16.3. The van der Waals surface area contributed by atoms with Gasteiger partial charge in [0.05, 0.1) is 10.9 Å². The maximum absolute atomic E-state index is 13.5. The summed E-state index contributed by atoms with van der Waals surface area (Å²) in [6, 6.07) is 20.0. The van der Waals surface area contributed by atoms with Gasteiger partial charge in [-0.15, -0.1) is 0 Å². The Morgan fingerprint density at radius 1 is 1.11 bits per heavy atom. The van der Waals surface area contributed by atoms with E-state index in [0.29, 0.717) is 33.1 Å². The standard InChI is InChI=1S/C27H22ClN3O4S/c1-16-6-9-21(10-7-16)31-26(33)22(12-18-8-11-23-24(13-18)35-15-34-23)30-27(31)36-17(2)25(32)29-20-5-3-4-19(28)14-20/h3-14,17H,15H2,1-2H3,(H,29,32)/b22-12-. The van der Waals surface area contributed by atoms with Gasteiger partial charge in [0.25, 0.3) is 5.91 Å². The highest BCUT2D eigenvalue weighted by Gasteiger charge is 2.34. The van der Waals surface area contributed by atoms with Crippen LogP contribution in [0.1, 0.15) is 18.1 Å². The number of benzene rings is 3. The lowest BCUT2D eigenvalue weighted by molar-refractivity contribution is -0.115. The summed E-state index contributed by atoms with van der Waals surface area (Å²) in [5.41, 5.74) is 3.37. The largest absolute Gasteiger partial charge is 0.454 e. The number of ether oxygens (including phenoxy) is 2. The molecule has 0 aliphatic carbocycles. The molecule has 9 heteroatoms. The van der Waals surface area contributed by atoms with Crippen molar-refractivity contribution in [1.82, 2.24) is 0 Å². The summed E-state index contributed by atoms with van der Waals surface area (Å²) in [7, 11) is 0. The van der Waals surface area contributed by atoms with Crippen molar-refractivity contribution in [2.75, 3.05) is 17.0 Å². The van der Waals surface area contributed by atoms with Crippen molar-refractivity contribution in [3.63, 3.8) is 0 Å². The van der Waals surface area contributed by atoms with Crippen LogP contribution >= 0.6 is 23.4 Å². The summed E-state index contributed by atoms with van der Waals surface area (Å²) in [5.74, 6) is 0.779. The average Bonchev–Trinajstić information content (AvgIpc) is 3.44. The van der Waals surface area contributed by atoms with Crippen molar-refractivity contribution < 1.29 is 19.1 Å². The van der Waals surface area contributed by atoms with Crippen molar-refractivity contribution in [2.45, 2.75) is 19.1 Å². The predicted octanol–water partition coefficient (Wildman–Crippen LogP) is 5.88. The first-order chi connectivity index (χ1) is 17.4. The summed E-state index contributed by atoms with van der Waals surface area (Å²) in [6.45, 7) is 3.92. The van der Waals surface area contributed by atoms with Crippen LogP contribution < -0.4 is 19.7 Å². The van der Waals surface area contributed by atoms with Gasteiger partial charge >= 0.3 is 0 Å². The van der Waals surface area contributed by atoms with Gasteiger partial charge in [-0.2, -0.15) is 0 Å². The average molecular weight is 520 g/mol. The summed E-state index contributed by atoms with van der Waals surface area (Å²) in [4.78, 5) is 32.5. The number of carbonyl (C=O) groups is 2. The molecule has 1 unspecified atom stereocenters. The van der Waals surface area contributed by atoms with Crippen LogP contribution in [-0.4, -0.2) is 29.0 Å². The van der Waals surface area contributed by atoms with Crippen molar-refractivity contribution >= 4 is 57.8 Å². The van der Waals surface area contributed by atoms with E-state index in [0.717, 1.165) is 11.1 Å². The third-order valence-corrected chi connectivity index (χ3v) is 6.85. The van der Waals surface area contributed by atoms with Gasteiger partial charge in [-0.1, -0.05) is 53.2 Å². The molecule has 5 rings (SSSR count). The minimum Gasteiger partial charge on any atom is -0.454 e. The Morgan fingerprint density at radius 2 is 1.89 bits per heavy atom. The SMILES string of the molecule is Cc1ccc(N2C(=O)/C(=C/c3ccc4c(c3)OCO4)N=C2SC(C)C(=O)Nc2cccc(Cl)c2)cc1. The molecule has 2 aliphatic rings. The second-order valence-corrected chi connectivity index (χ2v) is 10.0. The minimum absolute atomic E-state index is 0.170. The molecule has 0 radical (unpaired) electrons. The third kappa shape index (κ3) is 5.10. The minimum atomic E-state index is -0.534. The zero-order valence-corrected chi connectivity index (χ0v) is 21.1. The van der Waals surface area contributed by atoms with Crippen molar-refractivity contribution in [3.05, 3.63) is 88.6 Å². The number of hydrogen-bond acceptors (Lipinski definition) is 6. The number of hydrogen-bond donors (Lipinski definition) is 1. The summed E-state index contributed by atoms with van der Waals surface area (Å²) in [5, 5.41) is 3.28. The zero-order valence-electron chi connectivity index (χ0n) is 19.5. The molecule has 2 aliphatic heterocycles. The van der Waals surface area contributed by atoms with E-state index in [-0.39, 0.29) is 24.3 Å². The van der Waals surface area contributed by atoms with E-state index in [1.165, 1.54) is 16.7 Å². The number of anilines is 2. The Morgan fingerprint density at radius 3 is 2.67 bits per heavy atom. The van der Waals surface area contributed by atoms with Crippen LogP contribution in [0.3, 0.4) is 0 Å². The van der Waals surface area contributed by atoms with E-state index in [1.54, 1.807) is 49.4 Å². The molecule has 3 aromatic carbocycles. The second-order valence-electron chi connectivity index (χ2n) is 8.27. The van der Waals surface area contributed by atoms with Gasteiger partial charge in [0, 0.05) is 10.7 Å². The highest BCUT2D eigenvalue weighted by molar-refractivity contribution is 8.15. The number of aliphatic imine (C=N–C) groups is 1. The number of halogens is 1. The van der Waals surface area contributed by atoms with Crippen molar-refractivity contribution in [2.24, 2.45) is 4.99 Å². The van der Waals surface area contributed by atoms with E-state index < -0.39 is 5.25 Å². The highest BCUT2D eigenvalue weighted by atomic mass is 35.5. The number of amidine groups is 1. The lowest BCUT2D eigenvalue weighted by Crippen LogP contribution is -2.33. The molecule has 0 aromatic heterocycles. The number of thioether (sulfide) groups is 1. The van der Waals surface area contributed by atoms with Gasteiger partial charge in [0.1, 0.15) is 5.70 Å². The monoisotopic (exact) mass is 519 g/mol. The van der Waals surface area contributed by atoms with Crippen LogP contribution in [0.2, 0.25) is 5.02 Å². The van der Waals surface area contributed by atoms with Crippen LogP contribution in [-0.2, 0) is 9.59 Å². The lowest BCUT2D eigenvalue weighted by atomic mass is 10.1.